The van der Waals surface area contributed by atoms with E-state index in [-0.39, 0.29) is 0 Å². The SMILES string of the molecule is CCC1CCCCN1CC1(CBr)CCC1. The van der Waals surface area contributed by atoms with Crippen LogP contribution in [0.3, 0.4) is 0 Å². The first kappa shape index (κ1) is 11.9. The lowest BCUT2D eigenvalue weighted by Gasteiger charge is -2.47. The Morgan fingerprint density at radius 2 is 2.07 bits per heavy atom. The van der Waals surface area contributed by atoms with E-state index in [1.807, 2.05) is 0 Å². The molecule has 0 N–H and O–H groups in total. The van der Waals surface area contributed by atoms with Crippen molar-refractivity contribution in [2.75, 3.05) is 18.4 Å². The quantitative estimate of drug-likeness (QED) is 0.704. The van der Waals surface area contributed by atoms with Crippen LogP contribution in [-0.2, 0) is 0 Å². The predicted molar refractivity (Wildman–Crippen MR) is 69.6 cm³/mol. The van der Waals surface area contributed by atoms with E-state index in [9.17, 15) is 0 Å². The molecule has 1 saturated carbocycles. The molecule has 1 atom stereocenters. The Bertz CT molecular complexity index is 195. The maximum absolute atomic E-state index is 3.73. The summed E-state index contributed by atoms with van der Waals surface area (Å²) in [5.74, 6) is 0. The molecule has 0 bridgehead atoms. The van der Waals surface area contributed by atoms with E-state index in [1.54, 1.807) is 0 Å². The lowest BCUT2D eigenvalue weighted by Crippen LogP contribution is -2.49. The lowest BCUT2D eigenvalue weighted by molar-refractivity contribution is 0.0452. The number of nitrogens with zero attached hydrogens (tertiary/aromatic N) is 1. The number of likely N-dealkylation sites (tertiary alicyclic amines) is 1. The fourth-order valence-corrected chi connectivity index (χ4v) is 3.91. The van der Waals surface area contributed by atoms with Crippen LogP contribution >= 0.6 is 15.9 Å². The number of hydrogen-bond acceptors (Lipinski definition) is 1. The van der Waals surface area contributed by atoms with E-state index in [4.69, 9.17) is 0 Å². The van der Waals surface area contributed by atoms with Crippen LogP contribution in [0.4, 0.5) is 0 Å². The monoisotopic (exact) mass is 273 g/mol. The summed E-state index contributed by atoms with van der Waals surface area (Å²) in [5.41, 5.74) is 0.644. The third-order valence-corrected chi connectivity index (χ3v) is 5.65. The van der Waals surface area contributed by atoms with E-state index in [2.05, 4.69) is 27.8 Å². The molecule has 1 nitrogen and oxygen atoms in total. The van der Waals surface area contributed by atoms with Gasteiger partial charge in [-0.2, -0.15) is 0 Å². The Kier molecular flexibility index (Phi) is 4.11. The molecule has 88 valence electrons. The van der Waals surface area contributed by atoms with Crippen LogP contribution in [-0.4, -0.2) is 29.4 Å². The second-order valence-corrected chi connectivity index (χ2v) is 6.08. The molecule has 0 spiro atoms. The van der Waals surface area contributed by atoms with Gasteiger partial charge >= 0.3 is 0 Å². The molecular weight excluding hydrogens is 250 g/mol. The van der Waals surface area contributed by atoms with Crippen molar-refractivity contribution < 1.29 is 0 Å². The topological polar surface area (TPSA) is 3.24 Å². The zero-order valence-electron chi connectivity index (χ0n) is 9.97. The molecule has 2 aliphatic rings. The highest BCUT2D eigenvalue weighted by molar-refractivity contribution is 9.09. The van der Waals surface area contributed by atoms with Gasteiger partial charge in [-0.05, 0) is 44.1 Å². The summed E-state index contributed by atoms with van der Waals surface area (Å²) in [6.45, 7) is 5.06. The molecule has 0 aromatic heterocycles. The van der Waals surface area contributed by atoms with Gasteiger partial charge < -0.3 is 0 Å². The number of piperidine rings is 1. The summed E-state index contributed by atoms with van der Waals surface area (Å²) in [6.07, 6.45) is 10.0. The second kappa shape index (κ2) is 5.18. The summed E-state index contributed by atoms with van der Waals surface area (Å²) < 4.78 is 0. The largest absolute Gasteiger partial charge is 0.300 e. The Balaban J connectivity index is 1.90. The van der Waals surface area contributed by atoms with Gasteiger partial charge in [-0.25, -0.2) is 0 Å². The van der Waals surface area contributed by atoms with Gasteiger partial charge in [0, 0.05) is 17.9 Å². The van der Waals surface area contributed by atoms with E-state index in [1.165, 1.54) is 63.4 Å². The number of alkyl halides is 1. The van der Waals surface area contributed by atoms with Crippen molar-refractivity contribution in [2.45, 2.75) is 57.9 Å². The Morgan fingerprint density at radius 3 is 2.60 bits per heavy atom. The zero-order valence-corrected chi connectivity index (χ0v) is 11.6. The summed E-state index contributed by atoms with van der Waals surface area (Å²) in [4.78, 5) is 2.78. The molecule has 2 fully saturated rings. The molecule has 1 saturated heterocycles. The molecule has 15 heavy (non-hydrogen) atoms. The molecule has 1 aliphatic carbocycles. The molecule has 0 aromatic rings. The van der Waals surface area contributed by atoms with Crippen LogP contribution in [0.1, 0.15) is 51.9 Å². The van der Waals surface area contributed by atoms with Crippen LogP contribution in [0.25, 0.3) is 0 Å². The highest BCUT2D eigenvalue weighted by Gasteiger charge is 2.38. The number of halogens is 1. The van der Waals surface area contributed by atoms with E-state index in [0.29, 0.717) is 5.41 Å². The van der Waals surface area contributed by atoms with Crippen molar-refractivity contribution in [3.05, 3.63) is 0 Å². The first-order chi connectivity index (χ1) is 7.29. The first-order valence-electron chi connectivity index (χ1n) is 6.60. The highest BCUT2D eigenvalue weighted by Crippen LogP contribution is 2.43. The van der Waals surface area contributed by atoms with Crippen LogP contribution in [0.2, 0.25) is 0 Å². The van der Waals surface area contributed by atoms with Crippen LogP contribution < -0.4 is 0 Å². The fourth-order valence-electron chi connectivity index (χ4n) is 3.17. The van der Waals surface area contributed by atoms with Crippen molar-refractivity contribution >= 4 is 15.9 Å². The molecule has 2 rings (SSSR count). The molecule has 2 heteroatoms. The first-order valence-corrected chi connectivity index (χ1v) is 7.72. The minimum absolute atomic E-state index is 0.644. The average Bonchev–Trinajstić information content (AvgIpc) is 2.24. The molecule has 0 amide bonds. The zero-order chi connectivity index (χ0) is 10.7. The van der Waals surface area contributed by atoms with Gasteiger partial charge in [-0.3, -0.25) is 4.90 Å². The van der Waals surface area contributed by atoms with Crippen LogP contribution in [0.5, 0.6) is 0 Å². The van der Waals surface area contributed by atoms with E-state index < -0.39 is 0 Å². The van der Waals surface area contributed by atoms with E-state index in [0.717, 1.165) is 6.04 Å². The second-order valence-electron chi connectivity index (χ2n) is 5.52. The minimum atomic E-state index is 0.644. The molecule has 1 aliphatic heterocycles. The van der Waals surface area contributed by atoms with Crippen molar-refractivity contribution in [2.24, 2.45) is 5.41 Å². The van der Waals surface area contributed by atoms with Gasteiger partial charge in [0.05, 0.1) is 0 Å². The van der Waals surface area contributed by atoms with Crippen molar-refractivity contribution in [1.82, 2.24) is 4.90 Å². The summed E-state index contributed by atoms with van der Waals surface area (Å²) in [5, 5.41) is 1.22. The number of hydrogen-bond donors (Lipinski definition) is 0. The minimum Gasteiger partial charge on any atom is -0.300 e. The van der Waals surface area contributed by atoms with Gasteiger partial charge in [-0.15, -0.1) is 0 Å². The van der Waals surface area contributed by atoms with Gasteiger partial charge in [0.1, 0.15) is 0 Å². The van der Waals surface area contributed by atoms with Crippen molar-refractivity contribution in [3.8, 4) is 0 Å². The predicted octanol–water partition coefficient (Wildman–Crippen LogP) is 3.82. The Morgan fingerprint density at radius 1 is 1.27 bits per heavy atom. The average molecular weight is 274 g/mol. The van der Waals surface area contributed by atoms with Gasteiger partial charge in [0.2, 0.25) is 0 Å². The maximum atomic E-state index is 3.73. The maximum Gasteiger partial charge on any atom is 0.0100 e. The van der Waals surface area contributed by atoms with Crippen molar-refractivity contribution in [3.63, 3.8) is 0 Å². The van der Waals surface area contributed by atoms with Gasteiger partial charge in [0.25, 0.3) is 0 Å². The third kappa shape index (κ3) is 2.58. The molecule has 0 radical (unpaired) electrons. The molecule has 1 heterocycles. The van der Waals surface area contributed by atoms with Gasteiger partial charge in [0.15, 0.2) is 0 Å². The normalized spacial score (nSPS) is 31.2. The lowest BCUT2D eigenvalue weighted by atomic mass is 9.69. The van der Waals surface area contributed by atoms with Gasteiger partial charge in [-0.1, -0.05) is 35.7 Å². The van der Waals surface area contributed by atoms with E-state index >= 15 is 0 Å². The van der Waals surface area contributed by atoms with Crippen molar-refractivity contribution in [1.29, 1.82) is 0 Å². The number of rotatable bonds is 4. The molecular formula is C13H24BrN. The Labute approximate surface area is 103 Å². The fraction of sp³-hybridized carbons (Fsp3) is 1.00. The summed E-state index contributed by atoms with van der Waals surface area (Å²) in [7, 11) is 0. The smallest absolute Gasteiger partial charge is 0.0100 e. The highest BCUT2D eigenvalue weighted by atomic mass is 79.9. The summed E-state index contributed by atoms with van der Waals surface area (Å²) >= 11 is 3.73. The third-order valence-electron chi connectivity index (χ3n) is 4.46. The van der Waals surface area contributed by atoms with Crippen LogP contribution in [0, 0.1) is 5.41 Å². The Hall–Kier alpha value is 0.440. The van der Waals surface area contributed by atoms with Crippen LogP contribution in [0.15, 0.2) is 0 Å². The standard InChI is InChI=1S/C13H24BrN/c1-2-12-6-3-4-9-15(12)11-13(10-14)7-5-8-13/h12H,2-11H2,1H3. The molecule has 0 aromatic carbocycles. The summed E-state index contributed by atoms with van der Waals surface area (Å²) in [6, 6.07) is 0.885. The molecule has 1 unspecified atom stereocenters.